The molecule has 0 aliphatic carbocycles. The molecule has 5 rings (SSSR count). The van der Waals surface area contributed by atoms with Crippen LogP contribution in [0, 0.1) is 20.8 Å². The highest BCUT2D eigenvalue weighted by molar-refractivity contribution is 7.99. The van der Waals surface area contributed by atoms with E-state index >= 15 is 0 Å². The van der Waals surface area contributed by atoms with Crippen LogP contribution in [0.4, 0.5) is 5.69 Å². The van der Waals surface area contributed by atoms with Gasteiger partial charge in [-0.15, -0.1) is 21.5 Å². The number of amides is 1. The van der Waals surface area contributed by atoms with Crippen LogP contribution in [-0.2, 0) is 18.3 Å². The van der Waals surface area contributed by atoms with Gasteiger partial charge in [0.15, 0.2) is 11.0 Å². The van der Waals surface area contributed by atoms with Crippen molar-refractivity contribution in [1.29, 1.82) is 0 Å². The van der Waals surface area contributed by atoms with Crippen molar-refractivity contribution in [2.75, 3.05) is 11.1 Å². The Morgan fingerprint density at radius 3 is 2.56 bits per heavy atom. The Bertz CT molecular complexity index is 1550. The second-order valence-corrected chi connectivity index (χ2v) is 10.9. The van der Waals surface area contributed by atoms with Crippen molar-refractivity contribution in [3.05, 3.63) is 76.2 Å². The molecule has 3 heterocycles. The van der Waals surface area contributed by atoms with Crippen LogP contribution in [0.1, 0.15) is 29.2 Å². The van der Waals surface area contributed by atoms with Gasteiger partial charge < -0.3 is 9.88 Å². The van der Waals surface area contributed by atoms with Crippen LogP contribution >= 0.6 is 23.1 Å². The predicted octanol–water partition coefficient (Wildman–Crippen LogP) is 6.71. The van der Waals surface area contributed by atoms with E-state index in [0.717, 1.165) is 40.4 Å². The van der Waals surface area contributed by atoms with Gasteiger partial charge in [-0.1, -0.05) is 48.5 Å². The van der Waals surface area contributed by atoms with Crippen LogP contribution in [0.5, 0.6) is 0 Å². The van der Waals surface area contributed by atoms with Gasteiger partial charge in [-0.3, -0.25) is 9.36 Å². The van der Waals surface area contributed by atoms with Crippen LogP contribution in [-0.4, -0.2) is 31.0 Å². The first-order valence-electron chi connectivity index (χ1n) is 11.9. The van der Waals surface area contributed by atoms with Crippen molar-refractivity contribution in [2.24, 2.45) is 7.05 Å². The van der Waals surface area contributed by atoms with Crippen molar-refractivity contribution in [1.82, 2.24) is 19.3 Å². The van der Waals surface area contributed by atoms with E-state index in [9.17, 15) is 4.79 Å². The molecule has 0 radical (unpaired) electrons. The highest BCUT2D eigenvalue weighted by atomic mass is 32.2. The molecular weight excluding hydrogens is 486 g/mol. The smallest absolute Gasteiger partial charge is 0.234 e. The third kappa shape index (κ3) is 4.58. The van der Waals surface area contributed by atoms with Gasteiger partial charge in [0, 0.05) is 12.7 Å². The first-order valence-corrected chi connectivity index (χ1v) is 13.8. The number of hydrogen-bond donors (Lipinski definition) is 1. The molecule has 5 aromatic rings. The molecular formula is C28H29N5OS2. The lowest BCUT2D eigenvalue weighted by molar-refractivity contribution is -0.113. The standard InChI is InChI=1S/C28H29N5OS2/c1-6-20-8-7-9-21(14-20)29-25(34)16-36-28-31-30-27(23-15-24-22(32(23)5)10-11-35-24)33(28)26-18(3)12-17(2)13-19(26)4/h7-15H,6,16H2,1-5H3,(H,29,34). The summed E-state index contributed by atoms with van der Waals surface area (Å²) in [4.78, 5) is 12.8. The molecule has 0 spiro atoms. The molecule has 0 atom stereocenters. The SMILES string of the molecule is CCc1cccc(NC(=O)CSc2nnc(-c3cc4sccc4n3C)n2-c2c(C)cc(C)cc2C)c1. The minimum atomic E-state index is -0.0684. The fourth-order valence-corrected chi connectivity index (χ4v) is 6.30. The number of nitrogens with one attached hydrogen (secondary N) is 1. The number of fused-ring (bicyclic) bond motifs is 1. The largest absolute Gasteiger partial charge is 0.340 e. The number of nitrogens with zero attached hydrogens (tertiary/aromatic N) is 4. The third-order valence-electron chi connectivity index (χ3n) is 6.34. The van der Waals surface area contributed by atoms with E-state index in [1.165, 1.54) is 33.1 Å². The quantitative estimate of drug-likeness (QED) is 0.245. The highest BCUT2D eigenvalue weighted by Crippen LogP contribution is 2.35. The normalized spacial score (nSPS) is 11.4. The van der Waals surface area contributed by atoms with Crippen molar-refractivity contribution in [3.63, 3.8) is 0 Å². The predicted molar refractivity (Wildman–Crippen MR) is 151 cm³/mol. The monoisotopic (exact) mass is 515 g/mol. The lowest BCUT2D eigenvalue weighted by atomic mass is 10.0. The van der Waals surface area contributed by atoms with Gasteiger partial charge in [0.2, 0.25) is 5.91 Å². The molecule has 2 aromatic carbocycles. The van der Waals surface area contributed by atoms with Crippen LogP contribution in [0.3, 0.4) is 0 Å². The molecule has 0 fully saturated rings. The third-order valence-corrected chi connectivity index (χ3v) is 8.12. The first-order chi connectivity index (χ1) is 17.4. The summed E-state index contributed by atoms with van der Waals surface area (Å²) in [5.41, 5.74) is 8.74. The fraction of sp³-hybridized carbons (Fsp3) is 0.250. The van der Waals surface area contributed by atoms with Crippen LogP contribution < -0.4 is 5.32 Å². The number of hydrogen-bond acceptors (Lipinski definition) is 5. The number of aromatic nitrogens is 4. The summed E-state index contributed by atoms with van der Waals surface area (Å²) >= 11 is 3.12. The molecule has 8 heteroatoms. The van der Waals surface area contributed by atoms with Crippen molar-refractivity contribution >= 4 is 44.9 Å². The molecule has 184 valence electrons. The number of aryl methyl sites for hydroxylation is 5. The minimum absolute atomic E-state index is 0.0684. The lowest BCUT2D eigenvalue weighted by Crippen LogP contribution is -2.15. The number of thioether (sulfide) groups is 1. The van der Waals surface area contributed by atoms with Crippen molar-refractivity contribution in [2.45, 2.75) is 39.3 Å². The summed E-state index contributed by atoms with van der Waals surface area (Å²) in [6, 6.07) is 16.6. The van der Waals surface area contributed by atoms with Crippen molar-refractivity contribution in [3.8, 4) is 17.2 Å². The Morgan fingerprint density at radius 1 is 1.06 bits per heavy atom. The summed E-state index contributed by atoms with van der Waals surface area (Å²) in [5.74, 6) is 0.941. The van der Waals surface area contributed by atoms with Gasteiger partial charge >= 0.3 is 0 Å². The van der Waals surface area contributed by atoms with E-state index < -0.39 is 0 Å². The van der Waals surface area contributed by atoms with E-state index in [0.29, 0.717) is 5.16 Å². The Hall–Kier alpha value is -3.36. The van der Waals surface area contributed by atoms with Gasteiger partial charge in [0.1, 0.15) is 0 Å². The summed E-state index contributed by atoms with van der Waals surface area (Å²) in [5, 5.41) is 15.0. The van der Waals surface area contributed by atoms with Gasteiger partial charge in [-0.2, -0.15) is 0 Å². The summed E-state index contributed by atoms with van der Waals surface area (Å²) in [6.07, 6.45) is 0.927. The minimum Gasteiger partial charge on any atom is -0.340 e. The van der Waals surface area contributed by atoms with E-state index in [4.69, 9.17) is 0 Å². The van der Waals surface area contributed by atoms with Gasteiger partial charge in [0.05, 0.1) is 27.4 Å². The average molecular weight is 516 g/mol. The number of anilines is 1. The van der Waals surface area contributed by atoms with Crippen LogP contribution in [0.2, 0.25) is 0 Å². The Morgan fingerprint density at radius 2 is 1.83 bits per heavy atom. The van der Waals surface area contributed by atoms with Gasteiger partial charge in [-0.25, -0.2) is 0 Å². The molecule has 0 bridgehead atoms. The zero-order valence-corrected chi connectivity index (χ0v) is 22.8. The molecule has 3 aromatic heterocycles. The van der Waals surface area contributed by atoms with Gasteiger partial charge in [-0.05, 0) is 73.5 Å². The maximum Gasteiger partial charge on any atom is 0.234 e. The van der Waals surface area contributed by atoms with Gasteiger partial charge in [0.25, 0.3) is 0 Å². The molecule has 0 unspecified atom stereocenters. The number of rotatable bonds is 7. The molecule has 0 saturated heterocycles. The second kappa shape index (κ2) is 9.95. The van der Waals surface area contributed by atoms with E-state index in [1.807, 2.05) is 18.2 Å². The van der Waals surface area contributed by atoms with E-state index in [2.05, 4.69) is 95.1 Å². The zero-order chi connectivity index (χ0) is 25.4. The average Bonchev–Trinajstić information content (AvgIpc) is 3.54. The number of carbonyl (C=O) groups is 1. The number of carbonyl (C=O) groups excluding carboxylic acids is 1. The summed E-state index contributed by atoms with van der Waals surface area (Å²) in [6.45, 7) is 8.44. The zero-order valence-electron chi connectivity index (χ0n) is 21.1. The van der Waals surface area contributed by atoms with Crippen molar-refractivity contribution < 1.29 is 4.79 Å². The highest BCUT2D eigenvalue weighted by Gasteiger charge is 2.23. The Kier molecular flexibility index (Phi) is 6.73. The second-order valence-electron chi connectivity index (χ2n) is 9.04. The molecule has 36 heavy (non-hydrogen) atoms. The molecule has 0 saturated carbocycles. The summed E-state index contributed by atoms with van der Waals surface area (Å²) in [7, 11) is 2.06. The Balaban J connectivity index is 1.51. The van der Waals surface area contributed by atoms with E-state index in [-0.39, 0.29) is 11.7 Å². The topological polar surface area (TPSA) is 64.7 Å². The molecule has 0 aliphatic rings. The molecule has 0 aliphatic heterocycles. The molecule has 1 amide bonds. The fourth-order valence-electron chi connectivity index (χ4n) is 4.72. The molecule has 1 N–H and O–H groups in total. The van der Waals surface area contributed by atoms with Crippen LogP contribution in [0.15, 0.2) is 59.1 Å². The maximum atomic E-state index is 12.8. The first kappa shape index (κ1) is 24.3. The van der Waals surface area contributed by atoms with Crippen LogP contribution in [0.25, 0.3) is 27.4 Å². The molecule has 6 nitrogen and oxygen atoms in total. The number of thiophene rings is 1. The maximum absolute atomic E-state index is 12.8. The van der Waals surface area contributed by atoms with E-state index in [1.54, 1.807) is 11.3 Å². The lowest BCUT2D eigenvalue weighted by Gasteiger charge is -2.17. The number of benzene rings is 2. The Labute approximate surface area is 219 Å². The summed E-state index contributed by atoms with van der Waals surface area (Å²) < 4.78 is 5.48.